The van der Waals surface area contributed by atoms with Gasteiger partial charge in [-0.2, -0.15) is 0 Å². The summed E-state index contributed by atoms with van der Waals surface area (Å²) in [5.41, 5.74) is 2.34. The van der Waals surface area contributed by atoms with Crippen LogP contribution >= 0.6 is 22.9 Å². The van der Waals surface area contributed by atoms with Gasteiger partial charge in [-0.1, -0.05) is 42.5 Å². The fourth-order valence-corrected chi connectivity index (χ4v) is 3.16. The van der Waals surface area contributed by atoms with E-state index in [-0.39, 0.29) is 12.4 Å². The molecule has 0 saturated carbocycles. The van der Waals surface area contributed by atoms with Crippen molar-refractivity contribution in [2.75, 3.05) is 6.61 Å². The van der Waals surface area contributed by atoms with Gasteiger partial charge in [-0.3, -0.25) is 4.79 Å². The summed E-state index contributed by atoms with van der Waals surface area (Å²) in [5, 5.41) is 0. The Kier molecular flexibility index (Phi) is 6.58. The number of halogens is 1. The largest absolute Gasteiger partial charge is 0.466 e. The molecule has 0 fully saturated rings. The Bertz CT molecular complexity index is 787. The number of H-pyrrole nitrogens is 1. The number of thiophene rings is 1. The lowest BCUT2D eigenvalue weighted by molar-refractivity contribution is -0.142. The standard InChI is InChI=1S/C18H19ClN2O2S/c1-4-7-8-12(5-2)17-13(11-16(22)23-6-3)20-18(21-17)14-9-10-15(19)24-14/h4-5,7-10H,1,6,11H2,2-3H3,(H,20,21)/b8-7-,12-5+. The average molecular weight is 363 g/mol. The second-order valence-electron chi connectivity index (χ2n) is 4.84. The predicted molar refractivity (Wildman–Crippen MR) is 100 cm³/mol. The second-order valence-corrected chi connectivity index (χ2v) is 6.55. The molecule has 0 aliphatic heterocycles. The summed E-state index contributed by atoms with van der Waals surface area (Å²) in [6.07, 6.45) is 7.51. The minimum atomic E-state index is -0.290. The first-order valence-corrected chi connectivity index (χ1v) is 8.74. The SMILES string of the molecule is C=C/C=C\C(=C/C)c1nc(-c2ccc(Cl)s2)[nH]c1CC(=O)OCC. The number of carbonyl (C=O) groups excluding carboxylic acids is 1. The molecule has 0 aromatic carbocycles. The molecule has 0 aliphatic rings. The van der Waals surface area contributed by atoms with Gasteiger partial charge in [0, 0.05) is 0 Å². The van der Waals surface area contributed by atoms with Gasteiger partial charge in [0.1, 0.15) is 5.82 Å². The topological polar surface area (TPSA) is 55.0 Å². The van der Waals surface area contributed by atoms with E-state index in [1.54, 1.807) is 13.0 Å². The van der Waals surface area contributed by atoms with E-state index in [1.165, 1.54) is 11.3 Å². The van der Waals surface area contributed by atoms with Gasteiger partial charge in [-0.15, -0.1) is 11.3 Å². The maximum atomic E-state index is 11.9. The van der Waals surface area contributed by atoms with E-state index < -0.39 is 0 Å². The van der Waals surface area contributed by atoms with Crippen LogP contribution in [-0.2, 0) is 16.0 Å². The molecule has 0 radical (unpaired) electrons. The number of aromatic amines is 1. The molecule has 6 heteroatoms. The molecule has 0 amide bonds. The van der Waals surface area contributed by atoms with Crippen LogP contribution in [0.1, 0.15) is 25.2 Å². The molecule has 2 rings (SSSR count). The molecule has 0 saturated heterocycles. The van der Waals surface area contributed by atoms with E-state index >= 15 is 0 Å². The molecule has 0 bridgehead atoms. The van der Waals surface area contributed by atoms with Crippen molar-refractivity contribution in [3.8, 4) is 10.7 Å². The van der Waals surface area contributed by atoms with Crippen molar-refractivity contribution in [3.05, 3.63) is 58.7 Å². The predicted octanol–water partition coefficient (Wildman–Crippen LogP) is 5.04. The highest BCUT2D eigenvalue weighted by Gasteiger charge is 2.18. The molecule has 0 atom stereocenters. The Hall–Kier alpha value is -2.11. The normalized spacial score (nSPS) is 11.9. The molecule has 0 spiro atoms. The molecule has 0 unspecified atom stereocenters. The number of aromatic nitrogens is 2. The molecule has 126 valence electrons. The Morgan fingerprint density at radius 3 is 2.88 bits per heavy atom. The van der Waals surface area contributed by atoms with Crippen molar-refractivity contribution >= 4 is 34.5 Å². The van der Waals surface area contributed by atoms with Crippen molar-refractivity contribution in [1.29, 1.82) is 0 Å². The Morgan fingerprint density at radius 1 is 1.50 bits per heavy atom. The average Bonchev–Trinajstić information content (AvgIpc) is 3.15. The van der Waals surface area contributed by atoms with Crippen LogP contribution in [0.25, 0.3) is 16.3 Å². The number of hydrogen-bond donors (Lipinski definition) is 1. The van der Waals surface area contributed by atoms with Gasteiger partial charge in [-0.25, -0.2) is 4.98 Å². The number of ether oxygens (including phenoxy) is 1. The number of nitrogens with one attached hydrogen (secondary N) is 1. The minimum Gasteiger partial charge on any atom is -0.466 e. The maximum Gasteiger partial charge on any atom is 0.311 e. The summed E-state index contributed by atoms with van der Waals surface area (Å²) < 4.78 is 5.74. The summed E-state index contributed by atoms with van der Waals surface area (Å²) in [5.74, 6) is 0.397. The summed E-state index contributed by atoms with van der Waals surface area (Å²) in [6, 6.07) is 3.72. The van der Waals surface area contributed by atoms with Gasteiger partial charge in [0.25, 0.3) is 0 Å². The number of carbonyl (C=O) groups is 1. The zero-order chi connectivity index (χ0) is 17.5. The van der Waals surface area contributed by atoms with E-state index in [1.807, 2.05) is 37.3 Å². The molecule has 2 aromatic heterocycles. The van der Waals surface area contributed by atoms with Gasteiger partial charge in [0.15, 0.2) is 0 Å². The number of rotatable bonds is 7. The van der Waals surface area contributed by atoms with Gasteiger partial charge < -0.3 is 9.72 Å². The van der Waals surface area contributed by atoms with E-state index in [2.05, 4.69) is 16.5 Å². The molecule has 24 heavy (non-hydrogen) atoms. The van der Waals surface area contributed by atoms with Crippen molar-refractivity contribution < 1.29 is 9.53 Å². The van der Waals surface area contributed by atoms with Crippen LogP contribution in [0.3, 0.4) is 0 Å². The summed E-state index contributed by atoms with van der Waals surface area (Å²) >= 11 is 7.44. The maximum absolute atomic E-state index is 11.9. The lowest BCUT2D eigenvalue weighted by Gasteiger charge is -2.03. The highest BCUT2D eigenvalue weighted by molar-refractivity contribution is 7.19. The second kappa shape index (κ2) is 8.66. The number of allylic oxidation sites excluding steroid dienone is 5. The quantitative estimate of drug-likeness (QED) is 0.554. The van der Waals surface area contributed by atoms with Gasteiger partial charge in [-0.05, 0) is 31.6 Å². The van der Waals surface area contributed by atoms with Crippen molar-refractivity contribution in [3.63, 3.8) is 0 Å². The van der Waals surface area contributed by atoms with Gasteiger partial charge >= 0.3 is 5.97 Å². The third-order valence-electron chi connectivity index (χ3n) is 3.21. The van der Waals surface area contributed by atoms with Crippen molar-refractivity contribution in [1.82, 2.24) is 9.97 Å². The number of nitrogens with zero attached hydrogens (tertiary/aromatic N) is 1. The van der Waals surface area contributed by atoms with Crippen LogP contribution in [-0.4, -0.2) is 22.5 Å². The highest BCUT2D eigenvalue weighted by atomic mass is 35.5. The summed E-state index contributed by atoms with van der Waals surface area (Å²) in [6.45, 7) is 7.74. The molecular weight excluding hydrogens is 344 g/mol. The van der Waals surface area contributed by atoms with Crippen LogP contribution < -0.4 is 0 Å². The van der Waals surface area contributed by atoms with E-state index in [9.17, 15) is 4.79 Å². The monoisotopic (exact) mass is 362 g/mol. The number of esters is 1. The molecule has 0 aliphatic carbocycles. The van der Waals surface area contributed by atoms with Crippen molar-refractivity contribution in [2.45, 2.75) is 20.3 Å². The first-order valence-electron chi connectivity index (χ1n) is 7.55. The van der Waals surface area contributed by atoms with Gasteiger partial charge in [0.05, 0.1) is 33.6 Å². The fraction of sp³-hybridized carbons (Fsp3) is 0.222. The molecular formula is C18H19ClN2O2S. The zero-order valence-corrected chi connectivity index (χ0v) is 15.2. The third-order valence-corrected chi connectivity index (χ3v) is 4.45. The lowest BCUT2D eigenvalue weighted by atomic mass is 10.1. The summed E-state index contributed by atoms with van der Waals surface area (Å²) in [4.78, 5) is 20.7. The van der Waals surface area contributed by atoms with Crippen molar-refractivity contribution in [2.24, 2.45) is 0 Å². The van der Waals surface area contributed by atoms with Crippen LogP contribution in [0.2, 0.25) is 4.34 Å². The Labute approximate surface area is 150 Å². The molecule has 4 nitrogen and oxygen atoms in total. The first-order chi connectivity index (χ1) is 11.6. The Balaban J connectivity index is 2.45. The smallest absolute Gasteiger partial charge is 0.311 e. The van der Waals surface area contributed by atoms with Gasteiger partial charge in [0.2, 0.25) is 0 Å². The van der Waals surface area contributed by atoms with E-state index in [4.69, 9.17) is 16.3 Å². The van der Waals surface area contributed by atoms with Crippen LogP contribution in [0.5, 0.6) is 0 Å². The lowest BCUT2D eigenvalue weighted by Crippen LogP contribution is -2.09. The third kappa shape index (κ3) is 4.46. The zero-order valence-electron chi connectivity index (χ0n) is 13.6. The van der Waals surface area contributed by atoms with Crippen LogP contribution in [0.4, 0.5) is 0 Å². The van der Waals surface area contributed by atoms with Crippen LogP contribution in [0, 0.1) is 0 Å². The molecule has 2 aromatic rings. The highest BCUT2D eigenvalue weighted by Crippen LogP contribution is 2.31. The number of hydrogen-bond acceptors (Lipinski definition) is 4. The van der Waals surface area contributed by atoms with E-state index in [0.29, 0.717) is 16.8 Å². The minimum absolute atomic E-state index is 0.133. The Morgan fingerprint density at radius 2 is 2.29 bits per heavy atom. The first kappa shape index (κ1) is 18.2. The fourth-order valence-electron chi connectivity index (χ4n) is 2.17. The number of imidazole rings is 1. The molecule has 1 N–H and O–H groups in total. The van der Waals surface area contributed by atoms with Crippen LogP contribution in [0.15, 0.2) is 43.0 Å². The summed E-state index contributed by atoms with van der Waals surface area (Å²) in [7, 11) is 0. The molecule has 2 heterocycles. The van der Waals surface area contributed by atoms with E-state index in [0.717, 1.165) is 21.8 Å².